The second-order valence-electron chi connectivity index (χ2n) is 4.61. The Morgan fingerprint density at radius 1 is 1.12 bits per heavy atom. The number of likely N-dealkylation sites (tertiary alicyclic amines) is 1. The van der Waals surface area contributed by atoms with E-state index in [4.69, 9.17) is 0 Å². The molecule has 0 N–H and O–H groups in total. The standard InChI is InChI=1S/C14H18FNO/c15-13-5-3-12(4-6-13)7-10-16-9-1-2-14(17)8-11-16/h3-6H,1-2,7-11H2. The van der Waals surface area contributed by atoms with Gasteiger partial charge < -0.3 is 4.90 Å². The Labute approximate surface area is 101 Å². The first-order valence-electron chi connectivity index (χ1n) is 6.22. The molecule has 1 aromatic rings. The van der Waals surface area contributed by atoms with Crippen LogP contribution < -0.4 is 0 Å². The van der Waals surface area contributed by atoms with Crippen molar-refractivity contribution < 1.29 is 9.18 Å². The maximum atomic E-state index is 12.7. The van der Waals surface area contributed by atoms with Crippen molar-refractivity contribution in [1.29, 1.82) is 0 Å². The van der Waals surface area contributed by atoms with Crippen LogP contribution in [0.15, 0.2) is 24.3 Å². The average molecular weight is 235 g/mol. The van der Waals surface area contributed by atoms with Crippen LogP contribution in [0, 0.1) is 5.82 Å². The molecule has 1 heterocycles. The van der Waals surface area contributed by atoms with E-state index in [2.05, 4.69) is 4.90 Å². The summed E-state index contributed by atoms with van der Waals surface area (Å²) in [6, 6.07) is 6.67. The number of Topliss-reactive ketones (excluding diaryl/α,β-unsaturated/α-hetero) is 1. The molecule has 2 nitrogen and oxygen atoms in total. The molecule has 17 heavy (non-hydrogen) atoms. The third kappa shape index (κ3) is 3.93. The van der Waals surface area contributed by atoms with Gasteiger partial charge in [-0.1, -0.05) is 12.1 Å². The van der Waals surface area contributed by atoms with E-state index in [0.717, 1.165) is 44.5 Å². The van der Waals surface area contributed by atoms with Crippen LogP contribution in [0.4, 0.5) is 4.39 Å². The summed E-state index contributed by atoms with van der Waals surface area (Å²) in [7, 11) is 0. The van der Waals surface area contributed by atoms with E-state index in [9.17, 15) is 9.18 Å². The van der Waals surface area contributed by atoms with Crippen molar-refractivity contribution in [3.63, 3.8) is 0 Å². The maximum Gasteiger partial charge on any atom is 0.134 e. The third-order valence-electron chi connectivity index (χ3n) is 3.27. The molecule has 92 valence electrons. The van der Waals surface area contributed by atoms with Crippen LogP contribution in [0.5, 0.6) is 0 Å². The van der Waals surface area contributed by atoms with Gasteiger partial charge in [-0.3, -0.25) is 4.79 Å². The number of rotatable bonds is 3. The molecule has 0 unspecified atom stereocenters. The molecule has 1 aliphatic heterocycles. The Morgan fingerprint density at radius 2 is 1.88 bits per heavy atom. The highest BCUT2D eigenvalue weighted by Gasteiger charge is 2.13. The van der Waals surface area contributed by atoms with Crippen molar-refractivity contribution in [2.45, 2.75) is 25.7 Å². The maximum absolute atomic E-state index is 12.7. The molecule has 0 bridgehead atoms. The molecule has 0 amide bonds. The van der Waals surface area contributed by atoms with Gasteiger partial charge in [-0.25, -0.2) is 4.39 Å². The molecule has 2 rings (SSSR count). The minimum absolute atomic E-state index is 0.186. The first-order valence-corrected chi connectivity index (χ1v) is 6.22. The highest BCUT2D eigenvalue weighted by Crippen LogP contribution is 2.09. The van der Waals surface area contributed by atoms with Crippen LogP contribution in [-0.2, 0) is 11.2 Å². The first-order chi connectivity index (χ1) is 8.24. The van der Waals surface area contributed by atoms with Gasteiger partial charge in [-0.2, -0.15) is 0 Å². The van der Waals surface area contributed by atoms with Crippen molar-refractivity contribution in [2.24, 2.45) is 0 Å². The molecule has 0 aliphatic carbocycles. The van der Waals surface area contributed by atoms with Crippen molar-refractivity contribution in [3.05, 3.63) is 35.6 Å². The lowest BCUT2D eigenvalue weighted by Crippen LogP contribution is -2.27. The van der Waals surface area contributed by atoms with Gasteiger partial charge in [0.2, 0.25) is 0 Å². The molecule has 0 saturated carbocycles. The summed E-state index contributed by atoms with van der Waals surface area (Å²) in [5.41, 5.74) is 1.15. The number of hydrogen-bond acceptors (Lipinski definition) is 2. The number of halogens is 1. The predicted octanol–water partition coefficient (Wildman–Crippen LogP) is 2.42. The summed E-state index contributed by atoms with van der Waals surface area (Å²) >= 11 is 0. The quantitative estimate of drug-likeness (QED) is 0.802. The monoisotopic (exact) mass is 235 g/mol. The molecular weight excluding hydrogens is 217 g/mol. The number of benzene rings is 1. The zero-order valence-corrected chi connectivity index (χ0v) is 9.99. The highest BCUT2D eigenvalue weighted by atomic mass is 19.1. The molecule has 0 atom stereocenters. The van der Waals surface area contributed by atoms with Gasteiger partial charge >= 0.3 is 0 Å². The molecule has 0 aromatic heterocycles. The van der Waals surface area contributed by atoms with E-state index in [1.165, 1.54) is 12.1 Å². The number of nitrogens with zero attached hydrogens (tertiary/aromatic N) is 1. The Balaban J connectivity index is 1.81. The van der Waals surface area contributed by atoms with Gasteiger partial charge in [0, 0.05) is 25.9 Å². The van der Waals surface area contributed by atoms with Crippen molar-refractivity contribution >= 4 is 5.78 Å². The summed E-state index contributed by atoms with van der Waals surface area (Å²) in [4.78, 5) is 13.6. The van der Waals surface area contributed by atoms with Gasteiger partial charge in [0.25, 0.3) is 0 Å². The average Bonchev–Trinajstić information content (AvgIpc) is 2.54. The second-order valence-corrected chi connectivity index (χ2v) is 4.61. The molecule has 0 spiro atoms. The summed E-state index contributed by atoms with van der Waals surface area (Å²) in [6.45, 7) is 2.84. The fraction of sp³-hybridized carbons (Fsp3) is 0.500. The summed E-state index contributed by atoms with van der Waals surface area (Å²) in [6.07, 6.45) is 3.31. The lowest BCUT2D eigenvalue weighted by Gasteiger charge is -2.19. The molecule has 1 aromatic carbocycles. The number of carbonyl (C=O) groups is 1. The van der Waals surface area contributed by atoms with E-state index >= 15 is 0 Å². The Hall–Kier alpha value is -1.22. The third-order valence-corrected chi connectivity index (χ3v) is 3.27. The molecule has 1 aliphatic rings. The molecule has 0 radical (unpaired) electrons. The van der Waals surface area contributed by atoms with E-state index in [-0.39, 0.29) is 5.82 Å². The minimum atomic E-state index is -0.186. The van der Waals surface area contributed by atoms with Crippen LogP contribution in [0.1, 0.15) is 24.8 Å². The van der Waals surface area contributed by atoms with Crippen LogP contribution >= 0.6 is 0 Å². The Kier molecular flexibility index (Phi) is 4.26. The second kappa shape index (κ2) is 5.92. The SMILES string of the molecule is O=C1CCCN(CCc2ccc(F)cc2)CC1. The van der Waals surface area contributed by atoms with Gasteiger partial charge in [0.05, 0.1) is 0 Å². The first kappa shape index (κ1) is 12.2. The van der Waals surface area contributed by atoms with E-state index in [1.54, 1.807) is 0 Å². The van der Waals surface area contributed by atoms with Gasteiger partial charge in [0.15, 0.2) is 0 Å². The van der Waals surface area contributed by atoms with Crippen molar-refractivity contribution in [3.8, 4) is 0 Å². The number of ketones is 1. The van der Waals surface area contributed by atoms with Gasteiger partial charge in [0.1, 0.15) is 11.6 Å². The van der Waals surface area contributed by atoms with Crippen molar-refractivity contribution in [1.82, 2.24) is 4.90 Å². The normalized spacial score (nSPS) is 18.1. The molecular formula is C14H18FNO. The topological polar surface area (TPSA) is 20.3 Å². The highest BCUT2D eigenvalue weighted by molar-refractivity contribution is 5.78. The minimum Gasteiger partial charge on any atom is -0.303 e. The lowest BCUT2D eigenvalue weighted by atomic mass is 10.1. The van der Waals surface area contributed by atoms with E-state index in [1.807, 2.05) is 12.1 Å². The summed E-state index contributed by atoms with van der Waals surface area (Å²) < 4.78 is 12.7. The lowest BCUT2D eigenvalue weighted by molar-refractivity contribution is -0.118. The summed E-state index contributed by atoms with van der Waals surface area (Å²) in [5, 5.41) is 0. The van der Waals surface area contributed by atoms with Crippen LogP contribution in [0.3, 0.4) is 0 Å². The predicted molar refractivity (Wildman–Crippen MR) is 65.4 cm³/mol. The summed E-state index contributed by atoms with van der Waals surface area (Å²) in [5.74, 6) is 0.198. The zero-order valence-electron chi connectivity index (χ0n) is 9.99. The molecule has 3 heteroatoms. The van der Waals surface area contributed by atoms with Crippen LogP contribution in [0.2, 0.25) is 0 Å². The zero-order chi connectivity index (χ0) is 12.1. The van der Waals surface area contributed by atoms with E-state index in [0.29, 0.717) is 12.2 Å². The van der Waals surface area contributed by atoms with Crippen LogP contribution in [0.25, 0.3) is 0 Å². The van der Waals surface area contributed by atoms with Crippen LogP contribution in [-0.4, -0.2) is 30.3 Å². The smallest absolute Gasteiger partial charge is 0.134 e. The fourth-order valence-corrected chi connectivity index (χ4v) is 2.18. The Morgan fingerprint density at radius 3 is 2.65 bits per heavy atom. The number of carbonyl (C=O) groups excluding carboxylic acids is 1. The van der Waals surface area contributed by atoms with E-state index < -0.39 is 0 Å². The van der Waals surface area contributed by atoms with Gasteiger partial charge in [-0.15, -0.1) is 0 Å². The van der Waals surface area contributed by atoms with Crippen molar-refractivity contribution in [2.75, 3.05) is 19.6 Å². The largest absolute Gasteiger partial charge is 0.303 e. The molecule has 1 saturated heterocycles. The number of hydrogen-bond donors (Lipinski definition) is 0. The molecule has 1 fully saturated rings. The van der Waals surface area contributed by atoms with Gasteiger partial charge in [-0.05, 0) is 37.1 Å². The Bertz CT molecular complexity index is 374. The fourth-order valence-electron chi connectivity index (χ4n) is 2.18.